The van der Waals surface area contributed by atoms with Crippen molar-refractivity contribution >= 4 is 67.2 Å². The molecule has 0 saturated carbocycles. The lowest BCUT2D eigenvalue weighted by atomic mass is 10.2. The Kier molecular flexibility index (Phi) is 8.99. The molecular formula is C23H18Br2Cl2N2O3. The topological polar surface area (TPSA) is 59.9 Å². The van der Waals surface area contributed by atoms with Gasteiger partial charge in [0, 0.05) is 21.2 Å². The zero-order valence-electron chi connectivity index (χ0n) is 16.9. The summed E-state index contributed by atoms with van der Waals surface area (Å²) >= 11 is 19.2. The highest BCUT2D eigenvalue weighted by Crippen LogP contribution is 2.35. The van der Waals surface area contributed by atoms with E-state index in [1.54, 1.807) is 42.6 Å². The Bertz CT molecular complexity index is 1120. The molecule has 0 aliphatic carbocycles. The predicted molar refractivity (Wildman–Crippen MR) is 135 cm³/mol. The van der Waals surface area contributed by atoms with Gasteiger partial charge in [0.1, 0.15) is 18.1 Å². The molecule has 0 heterocycles. The molecule has 0 bridgehead atoms. The Morgan fingerprint density at radius 1 is 1.03 bits per heavy atom. The van der Waals surface area contributed by atoms with Crippen LogP contribution in [0.3, 0.4) is 0 Å². The summed E-state index contributed by atoms with van der Waals surface area (Å²) < 4.78 is 12.7. The number of hydrogen-bond acceptors (Lipinski definition) is 4. The number of nitrogens with one attached hydrogen (secondary N) is 1. The summed E-state index contributed by atoms with van der Waals surface area (Å²) in [5.74, 6) is 1.01. The number of rotatable bonds is 8. The van der Waals surface area contributed by atoms with E-state index >= 15 is 0 Å². The Hall–Kier alpha value is -2.06. The molecule has 1 amide bonds. The molecule has 0 atom stereocenters. The van der Waals surface area contributed by atoms with Crippen LogP contribution in [0.1, 0.15) is 28.4 Å². The molecule has 166 valence electrons. The van der Waals surface area contributed by atoms with Crippen LogP contribution in [0, 0.1) is 0 Å². The maximum absolute atomic E-state index is 12.2. The van der Waals surface area contributed by atoms with Crippen molar-refractivity contribution in [2.24, 2.45) is 5.10 Å². The first-order chi connectivity index (χ1) is 15.4. The largest absolute Gasteiger partial charge is 0.494 e. The molecule has 0 spiro atoms. The SMILES string of the molecule is CCOc1ccc(C(=O)N/N=C/c2cc(Br)c(OCc3ccc(Cl)cc3Cl)c(Br)c2)cc1. The normalized spacial score (nSPS) is 10.9. The van der Waals surface area contributed by atoms with Crippen molar-refractivity contribution in [3.05, 3.63) is 90.3 Å². The quantitative estimate of drug-likeness (QED) is 0.219. The van der Waals surface area contributed by atoms with Crippen molar-refractivity contribution in [1.82, 2.24) is 5.43 Å². The zero-order valence-corrected chi connectivity index (χ0v) is 21.6. The van der Waals surface area contributed by atoms with E-state index in [0.717, 1.165) is 20.1 Å². The van der Waals surface area contributed by atoms with Crippen LogP contribution >= 0.6 is 55.1 Å². The average Bonchev–Trinajstić information content (AvgIpc) is 2.75. The zero-order chi connectivity index (χ0) is 23.1. The molecule has 1 N–H and O–H groups in total. The molecule has 5 nitrogen and oxygen atoms in total. The van der Waals surface area contributed by atoms with E-state index in [1.165, 1.54) is 0 Å². The second-order valence-electron chi connectivity index (χ2n) is 6.49. The van der Waals surface area contributed by atoms with E-state index in [4.69, 9.17) is 32.7 Å². The molecule has 3 rings (SSSR count). The van der Waals surface area contributed by atoms with Crippen LogP contribution in [0.2, 0.25) is 10.0 Å². The molecule has 0 unspecified atom stereocenters. The van der Waals surface area contributed by atoms with Gasteiger partial charge in [-0.3, -0.25) is 4.79 Å². The van der Waals surface area contributed by atoms with E-state index in [1.807, 2.05) is 25.1 Å². The summed E-state index contributed by atoms with van der Waals surface area (Å²) in [6.45, 7) is 2.75. The molecule has 3 aromatic carbocycles. The lowest BCUT2D eigenvalue weighted by Gasteiger charge is -2.12. The molecule has 0 aliphatic heterocycles. The van der Waals surface area contributed by atoms with Crippen LogP contribution in [0.4, 0.5) is 0 Å². The number of amides is 1. The van der Waals surface area contributed by atoms with Crippen molar-refractivity contribution in [3.8, 4) is 11.5 Å². The van der Waals surface area contributed by atoms with Crippen molar-refractivity contribution in [2.75, 3.05) is 6.61 Å². The van der Waals surface area contributed by atoms with Gasteiger partial charge in [-0.25, -0.2) is 5.43 Å². The third kappa shape index (κ3) is 6.72. The van der Waals surface area contributed by atoms with E-state index in [-0.39, 0.29) is 12.5 Å². The number of nitrogens with zero attached hydrogens (tertiary/aromatic N) is 1. The Morgan fingerprint density at radius 3 is 2.34 bits per heavy atom. The molecule has 0 aromatic heterocycles. The minimum Gasteiger partial charge on any atom is -0.494 e. The number of benzene rings is 3. The number of carbonyl (C=O) groups excluding carboxylic acids is 1. The van der Waals surface area contributed by atoms with Gasteiger partial charge in [-0.05, 0) is 92.9 Å². The van der Waals surface area contributed by atoms with E-state index in [9.17, 15) is 4.79 Å². The van der Waals surface area contributed by atoms with Crippen LogP contribution in [-0.4, -0.2) is 18.7 Å². The van der Waals surface area contributed by atoms with Gasteiger partial charge in [-0.15, -0.1) is 0 Å². The lowest BCUT2D eigenvalue weighted by Crippen LogP contribution is -2.17. The number of hydrazone groups is 1. The van der Waals surface area contributed by atoms with Gasteiger partial charge in [-0.1, -0.05) is 29.3 Å². The van der Waals surface area contributed by atoms with Gasteiger partial charge in [0.05, 0.1) is 21.8 Å². The molecule has 0 radical (unpaired) electrons. The minimum atomic E-state index is -0.317. The van der Waals surface area contributed by atoms with E-state index in [0.29, 0.717) is 33.7 Å². The third-order valence-electron chi connectivity index (χ3n) is 4.21. The molecular weight excluding hydrogens is 583 g/mol. The summed E-state index contributed by atoms with van der Waals surface area (Å²) in [5, 5.41) is 5.14. The molecule has 0 saturated heterocycles. The van der Waals surface area contributed by atoms with Crippen LogP contribution in [0.5, 0.6) is 11.5 Å². The molecule has 3 aromatic rings. The van der Waals surface area contributed by atoms with Crippen LogP contribution in [0.25, 0.3) is 0 Å². The predicted octanol–water partition coefficient (Wildman–Crippen LogP) is 7.26. The minimum absolute atomic E-state index is 0.277. The van der Waals surface area contributed by atoms with Crippen LogP contribution in [0.15, 0.2) is 68.6 Å². The highest BCUT2D eigenvalue weighted by Gasteiger charge is 2.11. The molecule has 32 heavy (non-hydrogen) atoms. The van der Waals surface area contributed by atoms with Gasteiger partial charge in [0.2, 0.25) is 0 Å². The first kappa shape index (κ1) is 24.6. The van der Waals surface area contributed by atoms with Gasteiger partial charge < -0.3 is 9.47 Å². The monoisotopic (exact) mass is 598 g/mol. The lowest BCUT2D eigenvalue weighted by molar-refractivity contribution is 0.0955. The van der Waals surface area contributed by atoms with Gasteiger partial charge in [0.25, 0.3) is 5.91 Å². The fourth-order valence-corrected chi connectivity index (χ4v) is 4.59. The van der Waals surface area contributed by atoms with Gasteiger partial charge in [-0.2, -0.15) is 5.10 Å². The summed E-state index contributed by atoms with van der Waals surface area (Å²) in [6.07, 6.45) is 1.54. The van der Waals surface area contributed by atoms with Crippen molar-refractivity contribution in [2.45, 2.75) is 13.5 Å². The molecule has 0 aliphatic rings. The third-order valence-corrected chi connectivity index (χ3v) is 5.98. The second-order valence-corrected chi connectivity index (χ2v) is 9.05. The fourth-order valence-electron chi connectivity index (χ4n) is 2.68. The summed E-state index contributed by atoms with van der Waals surface area (Å²) in [5.41, 5.74) is 4.57. The van der Waals surface area contributed by atoms with E-state index in [2.05, 4.69) is 42.4 Å². The second kappa shape index (κ2) is 11.7. The Labute approximate surface area is 213 Å². The number of ether oxygens (including phenoxy) is 2. The number of carbonyl (C=O) groups is 1. The number of halogens is 4. The first-order valence-electron chi connectivity index (χ1n) is 9.49. The highest BCUT2D eigenvalue weighted by atomic mass is 79.9. The average molecular weight is 601 g/mol. The van der Waals surface area contributed by atoms with E-state index < -0.39 is 0 Å². The standard InChI is InChI=1S/C23H18Br2Cl2N2O3/c1-2-31-18-7-4-15(5-8-18)23(30)29-28-12-14-9-19(24)22(20(25)10-14)32-13-16-3-6-17(26)11-21(16)27/h3-12H,2,13H2,1H3,(H,29,30)/b28-12+. The van der Waals surface area contributed by atoms with Crippen molar-refractivity contribution < 1.29 is 14.3 Å². The van der Waals surface area contributed by atoms with Crippen LogP contribution in [-0.2, 0) is 6.61 Å². The number of hydrogen-bond donors (Lipinski definition) is 1. The summed E-state index contributed by atoms with van der Waals surface area (Å²) in [6, 6.07) is 15.8. The highest BCUT2D eigenvalue weighted by molar-refractivity contribution is 9.11. The summed E-state index contributed by atoms with van der Waals surface area (Å²) in [4.78, 5) is 12.2. The van der Waals surface area contributed by atoms with Crippen LogP contribution < -0.4 is 14.9 Å². The van der Waals surface area contributed by atoms with Gasteiger partial charge >= 0.3 is 0 Å². The maximum Gasteiger partial charge on any atom is 0.271 e. The Morgan fingerprint density at radius 2 is 1.72 bits per heavy atom. The first-order valence-corrected chi connectivity index (χ1v) is 11.8. The molecule has 0 fully saturated rings. The van der Waals surface area contributed by atoms with Gasteiger partial charge in [0.15, 0.2) is 0 Å². The fraction of sp³-hybridized carbons (Fsp3) is 0.130. The molecule has 9 heteroatoms. The van der Waals surface area contributed by atoms with Crippen molar-refractivity contribution in [3.63, 3.8) is 0 Å². The smallest absolute Gasteiger partial charge is 0.271 e. The maximum atomic E-state index is 12.2. The van der Waals surface area contributed by atoms with Crippen molar-refractivity contribution in [1.29, 1.82) is 0 Å². The Balaban J connectivity index is 1.62. The summed E-state index contributed by atoms with van der Waals surface area (Å²) in [7, 11) is 0.